The Hall–Kier alpha value is -2.34. The molecule has 5 nitrogen and oxygen atoms in total. The molecule has 1 aliphatic carbocycles. The molecule has 1 aromatic rings. The molecular formula is C16H16N2O3S. The van der Waals surface area contributed by atoms with Crippen LogP contribution in [0.15, 0.2) is 35.5 Å². The number of nitrogens with two attached hydrogens (primary N) is 2. The number of benzene rings is 1. The fourth-order valence-electron chi connectivity index (χ4n) is 2.63. The van der Waals surface area contributed by atoms with Gasteiger partial charge in [0, 0.05) is 10.8 Å². The maximum absolute atomic E-state index is 11.6. The fourth-order valence-corrected chi connectivity index (χ4v) is 2.86. The molecule has 1 amide bonds. The maximum Gasteiger partial charge on any atom is 0.250 e. The van der Waals surface area contributed by atoms with Crippen molar-refractivity contribution < 1.29 is 14.3 Å². The third-order valence-corrected chi connectivity index (χ3v) is 4.43. The summed E-state index contributed by atoms with van der Waals surface area (Å²) in [4.78, 5) is 12.1. The van der Waals surface area contributed by atoms with E-state index in [0.717, 1.165) is 11.1 Å². The van der Waals surface area contributed by atoms with Crippen molar-refractivity contribution >= 4 is 28.6 Å². The molecule has 0 spiro atoms. The first-order valence-corrected chi connectivity index (χ1v) is 7.35. The monoisotopic (exact) mass is 316 g/mol. The normalized spacial score (nSPS) is 20.7. The van der Waals surface area contributed by atoms with Crippen molar-refractivity contribution in [2.45, 2.75) is 6.92 Å². The van der Waals surface area contributed by atoms with Crippen LogP contribution < -0.4 is 20.9 Å². The van der Waals surface area contributed by atoms with Crippen LogP contribution in [0.4, 0.5) is 0 Å². The summed E-state index contributed by atoms with van der Waals surface area (Å²) in [6, 6.07) is 5.66. The summed E-state index contributed by atoms with van der Waals surface area (Å²) in [5, 5.41) is 0. The SMILES string of the molecule is CC1C(=S)C(N)=C(C(N)=O)C=C1c1ccc2c(c1)OCCO2. The van der Waals surface area contributed by atoms with E-state index in [0.29, 0.717) is 29.6 Å². The number of primary amides is 1. The summed E-state index contributed by atoms with van der Waals surface area (Å²) in [6.07, 6.45) is 1.71. The minimum Gasteiger partial charge on any atom is -0.486 e. The molecule has 0 radical (unpaired) electrons. The second-order valence-electron chi connectivity index (χ2n) is 5.24. The number of allylic oxidation sites excluding steroid dienone is 2. The van der Waals surface area contributed by atoms with E-state index in [1.807, 2.05) is 25.1 Å². The zero-order chi connectivity index (χ0) is 15.9. The van der Waals surface area contributed by atoms with E-state index in [2.05, 4.69) is 0 Å². The first kappa shape index (κ1) is 14.6. The molecule has 2 aliphatic rings. The van der Waals surface area contributed by atoms with Crippen LogP contribution in [-0.4, -0.2) is 24.0 Å². The molecule has 4 N–H and O–H groups in total. The average Bonchev–Trinajstić information content (AvgIpc) is 2.52. The zero-order valence-corrected chi connectivity index (χ0v) is 12.9. The van der Waals surface area contributed by atoms with Crippen molar-refractivity contribution in [3.63, 3.8) is 0 Å². The van der Waals surface area contributed by atoms with Gasteiger partial charge in [0.2, 0.25) is 0 Å². The smallest absolute Gasteiger partial charge is 0.250 e. The largest absolute Gasteiger partial charge is 0.486 e. The third-order valence-electron chi connectivity index (χ3n) is 3.86. The Bertz CT molecular complexity index is 737. The van der Waals surface area contributed by atoms with Crippen LogP contribution in [0.3, 0.4) is 0 Å². The number of hydrogen-bond donors (Lipinski definition) is 2. The highest BCUT2D eigenvalue weighted by Crippen LogP contribution is 2.37. The minimum absolute atomic E-state index is 0.0827. The number of ether oxygens (including phenoxy) is 2. The first-order chi connectivity index (χ1) is 10.5. The zero-order valence-electron chi connectivity index (χ0n) is 12.1. The maximum atomic E-state index is 11.6. The minimum atomic E-state index is -0.582. The van der Waals surface area contributed by atoms with Crippen LogP contribution in [0.5, 0.6) is 11.5 Å². The molecule has 114 valence electrons. The van der Waals surface area contributed by atoms with Gasteiger partial charge in [0.1, 0.15) is 13.2 Å². The van der Waals surface area contributed by atoms with Crippen LogP contribution in [0.2, 0.25) is 0 Å². The molecule has 0 aromatic heterocycles. The summed E-state index contributed by atoms with van der Waals surface area (Å²) < 4.78 is 11.1. The van der Waals surface area contributed by atoms with Crippen molar-refractivity contribution in [1.29, 1.82) is 0 Å². The Labute approximate surface area is 133 Å². The summed E-state index contributed by atoms with van der Waals surface area (Å²) in [7, 11) is 0. The van der Waals surface area contributed by atoms with Crippen LogP contribution in [0.1, 0.15) is 12.5 Å². The molecule has 3 rings (SSSR count). The third kappa shape index (κ3) is 2.35. The van der Waals surface area contributed by atoms with E-state index in [-0.39, 0.29) is 17.2 Å². The topological polar surface area (TPSA) is 87.6 Å². The van der Waals surface area contributed by atoms with E-state index < -0.39 is 5.91 Å². The van der Waals surface area contributed by atoms with E-state index in [1.54, 1.807) is 6.08 Å². The number of fused-ring (bicyclic) bond motifs is 1. The van der Waals surface area contributed by atoms with E-state index in [1.165, 1.54) is 0 Å². The summed E-state index contributed by atoms with van der Waals surface area (Å²) >= 11 is 5.36. The number of thiocarbonyl (C=S) groups is 1. The summed E-state index contributed by atoms with van der Waals surface area (Å²) in [6.45, 7) is 3.01. The lowest BCUT2D eigenvalue weighted by Gasteiger charge is -2.25. The molecule has 0 bridgehead atoms. The molecule has 0 saturated heterocycles. The Morgan fingerprint density at radius 3 is 2.64 bits per heavy atom. The average molecular weight is 316 g/mol. The Morgan fingerprint density at radius 2 is 1.95 bits per heavy atom. The van der Waals surface area contributed by atoms with Gasteiger partial charge in [-0.2, -0.15) is 0 Å². The first-order valence-electron chi connectivity index (χ1n) is 6.94. The fraction of sp³-hybridized carbons (Fsp3) is 0.250. The van der Waals surface area contributed by atoms with Crippen LogP contribution in [0, 0.1) is 5.92 Å². The van der Waals surface area contributed by atoms with Crippen molar-refractivity contribution in [3.05, 3.63) is 41.1 Å². The molecule has 1 aromatic carbocycles. The lowest BCUT2D eigenvalue weighted by atomic mass is 9.83. The molecule has 0 fully saturated rings. The lowest BCUT2D eigenvalue weighted by Crippen LogP contribution is -2.29. The van der Waals surface area contributed by atoms with Gasteiger partial charge < -0.3 is 20.9 Å². The van der Waals surface area contributed by atoms with Gasteiger partial charge in [0.25, 0.3) is 5.91 Å². The van der Waals surface area contributed by atoms with Gasteiger partial charge in [-0.3, -0.25) is 4.79 Å². The standard InChI is InChI=1S/C16H16N2O3S/c1-8-10(7-11(16(18)19)14(17)15(8)22)9-2-3-12-13(6-9)21-5-4-20-12/h2-3,6-8H,4-5,17H2,1H3,(H2,18,19). The number of rotatable bonds is 2. The van der Waals surface area contributed by atoms with Crippen LogP contribution >= 0.6 is 12.2 Å². The van der Waals surface area contributed by atoms with Crippen molar-refractivity contribution in [2.24, 2.45) is 17.4 Å². The van der Waals surface area contributed by atoms with E-state index in [9.17, 15) is 4.79 Å². The number of carbonyl (C=O) groups excluding carboxylic acids is 1. The van der Waals surface area contributed by atoms with Gasteiger partial charge in [0.05, 0.1) is 11.3 Å². The molecule has 0 saturated carbocycles. The van der Waals surface area contributed by atoms with Gasteiger partial charge in [-0.15, -0.1) is 0 Å². The number of carbonyl (C=O) groups is 1. The van der Waals surface area contributed by atoms with Gasteiger partial charge >= 0.3 is 0 Å². The molecular weight excluding hydrogens is 300 g/mol. The predicted molar refractivity (Wildman–Crippen MR) is 87.6 cm³/mol. The Balaban J connectivity index is 2.08. The predicted octanol–water partition coefficient (Wildman–Crippen LogP) is 1.56. The second kappa shape index (κ2) is 5.46. The van der Waals surface area contributed by atoms with Crippen molar-refractivity contribution in [1.82, 2.24) is 0 Å². The second-order valence-corrected chi connectivity index (χ2v) is 5.68. The molecule has 1 unspecified atom stereocenters. The van der Waals surface area contributed by atoms with E-state index in [4.69, 9.17) is 33.2 Å². The summed E-state index contributed by atoms with van der Waals surface area (Å²) in [5.41, 5.74) is 13.7. The highest BCUT2D eigenvalue weighted by atomic mass is 32.1. The Morgan fingerprint density at radius 1 is 1.27 bits per heavy atom. The molecule has 22 heavy (non-hydrogen) atoms. The molecule has 1 aliphatic heterocycles. The van der Waals surface area contributed by atoms with Gasteiger partial charge in [0.15, 0.2) is 11.5 Å². The van der Waals surface area contributed by atoms with Gasteiger partial charge in [-0.05, 0) is 29.3 Å². The lowest BCUT2D eigenvalue weighted by molar-refractivity contribution is -0.114. The quantitative estimate of drug-likeness (QED) is 0.809. The Kier molecular flexibility index (Phi) is 3.62. The van der Waals surface area contributed by atoms with Crippen LogP contribution in [0.25, 0.3) is 5.57 Å². The number of amides is 1. The number of hydrogen-bond acceptors (Lipinski definition) is 5. The summed E-state index contributed by atoms with van der Waals surface area (Å²) in [5.74, 6) is 0.736. The van der Waals surface area contributed by atoms with E-state index >= 15 is 0 Å². The molecule has 6 heteroatoms. The van der Waals surface area contributed by atoms with Gasteiger partial charge in [-0.25, -0.2) is 0 Å². The highest BCUT2D eigenvalue weighted by Gasteiger charge is 2.27. The van der Waals surface area contributed by atoms with Crippen LogP contribution in [-0.2, 0) is 4.79 Å². The van der Waals surface area contributed by atoms with Crippen molar-refractivity contribution in [2.75, 3.05) is 13.2 Å². The van der Waals surface area contributed by atoms with Gasteiger partial charge in [-0.1, -0.05) is 25.2 Å². The molecule has 1 heterocycles. The van der Waals surface area contributed by atoms with Crippen molar-refractivity contribution in [3.8, 4) is 11.5 Å². The molecule has 1 atom stereocenters. The highest BCUT2D eigenvalue weighted by molar-refractivity contribution is 7.81.